The first-order valence-corrected chi connectivity index (χ1v) is 6.98. The summed E-state index contributed by atoms with van der Waals surface area (Å²) in [4.78, 5) is 16.3. The van der Waals surface area contributed by atoms with Crippen molar-refractivity contribution in [2.75, 3.05) is 12.0 Å². The number of nitrogens with zero attached hydrogens (tertiary/aromatic N) is 1. The lowest BCUT2D eigenvalue weighted by Crippen LogP contribution is -2.25. The minimum Gasteiger partial charge on any atom is -0.352 e. The molecule has 1 fully saturated rings. The Morgan fingerprint density at radius 2 is 2.26 bits per heavy atom. The lowest BCUT2D eigenvalue weighted by Gasteiger charge is -2.08. The first kappa shape index (κ1) is 13.8. The third-order valence-electron chi connectivity index (χ3n) is 3.42. The average Bonchev–Trinajstić information content (AvgIpc) is 3.26. The van der Waals surface area contributed by atoms with Crippen LogP contribution in [0.2, 0.25) is 0 Å². The van der Waals surface area contributed by atoms with Gasteiger partial charge in [0.15, 0.2) is 0 Å². The van der Waals surface area contributed by atoms with Crippen molar-refractivity contribution in [3.8, 4) is 0 Å². The van der Waals surface area contributed by atoms with Crippen molar-refractivity contribution in [3.05, 3.63) is 23.4 Å². The number of carbonyl (C=O) groups is 1. The summed E-state index contributed by atoms with van der Waals surface area (Å²) in [5, 5.41) is 2.95. The number of nitrogen functional groups attached to an aromatic ring is 1. The minimum atomic E-state index is -0.0515. The normalized spacial score (nSPS) is 14.2. The number of nitrogens with one attached hydrogen (secondary N) is 2. The maximum absolute atomic E-state index is 12.0. The summed E-state index contributed by atoms with van der Waals surface area (Å²) in [6.45, 7) is 2.74. The molecule has 1 aliphatic carbocycles. The molecule has 1 heterocycles. The molecule has 19 heavy (non-hydrogen) atoms. The van der Waals surface area contributed by atoms with E-state index in [0.717, 1.165) is 31.0 Å². The van der Waals surface area contributed by atoms with E-state index in [2.05, 4.69) is 15.7 Å². The highest BCUT2D eigenvalue weighted by molar-refractivity contribution is 5.94. The summed E-state index contributed by atoms with van der Waals surface area (Å²) in [6, 6.07) is 3.49. The molecule has 5 nitrogen and oxygen atoms in total. The fourth-order valence-corrected chi connectivity index (χ4v) is 2.08. The van der Waals surface area contributed by atoms with E-state index in [9.17, 15) is 4.79 Å². The van der Waals surface area contributed by atoms with Gasteiger partial charge in [-0.05, 0) is 37.3 Å². The quantitative estimate of drug-likeness (QED) is 0.398. The number of anilines is 1. The predicted octanol–water partition coefficient (Wildman–Crippen LogP) is 1.85. The Bertz CT molecular complexity index is 421. The Kier molecular flexibility index (Phi) is 4.74. The summed E-state index contributed by atoms with van der Waals surface area (Å²) in [5.74, 6) is 6.75. The molecule has 0 saturated heterocycles. The van der Waals surface area contributed by atoms with Gasteiger partial charge in [-0.2, -0.15) is 0 Å². The van der Waals surface area contributed by atoms with Gasteiger partial charge in [0.05, 0.1) is 0 Å². The smallest absolute Gasteiger partial charge is 0.251 e. The third kappa shape index (κ3) is 4.21. The highest BCUT2D eigenvalue weighted by Crippen LogP contribution is 2.33. The number of hydrogen-bond acceptors (Lipinski definition) is 4. The lowest BCUT2D eigenvalue weighted by molar-refractivity contribution is 0.0952. The van der Waals surface area contributed by atoms with Crippen molar-refractivity contribution in [2.24, 2.45) is 11.8 Å². The van der Waals surface area contributed by atoms with Crippen LogP contribution in [-0.2, 0) is 6.42 Å². The van der Waals surface area contributed by atoms with E-state index in [0.29, 0.717) is 11.4 Å². The van der Waals surface area contributed by atoms with E-state index in [1.165, 1.54) is 19.3 Å². The molecule has 0 spiro atoms. The molecule has 0 unspecified atom stereocenters. The van der Waals surface area contributed by atoms with Gasteiger partial charge in [0.2, 0.25) is 0 Å². The highest BCUT2D eigenvalue weighted by Gasteiger charge is 2.20. The van der Waals surface area contributed by atoms with Crippen LogP contribution in [0.5, 0.6) is 0 Å². The fraction of sp³-hybridized carbons (Fsp3) is 0.571. The second-order valence-corrected chi connectivity index (χ2v) is 5.07. The van der Waals surface area contributed by atoms with Gasteiger partial charge in [-0.1, -0.05) is 19.8 Å². The number of amides is 1. The van der Waals surface area contributed by atoms with E-state index in [1.807, 2.05) is 13.0 Å². The summed E-state index contributed by atoms with van der Waals surface area (Å²) in [5.41, 5.74) is 3.97. The second-order valence-electron chi connectivity index (χ2n) is 5.07. The molecule has 1 aromatic rings. The Morgan fingerprint density at radius 3 is 2.89 bits per heavy atom. The number of aryl methyl sites for hydroxylation is 1. The lowest BCUT2D eigenvalue weighted by atomic mass is 10.1. The Labute approximate surface area is 114 Å². The number of carbonyl (C=O) groups excluding carboxylic acids is 1. The molecule has 104 valence electrons. The zero-order chi connectivity index (χ0) is 13.7. The summed E-state index contributed by atoms with van der Waals surface area (Å²) < 4.78 is 0. The zero-order valence-electron chi connectivity index (χ0n) is 11.4. The van der Waals surface area contributed by atoms with E-state index < -0.39 is 0 Å². The van der Waals surface area contributed by atoms with Crippen molar-refractivity contribution in [2.45, 2.75) is 39.0 Å². The molecule has 0 aliphatic heterocycles. The van der Waals surface area contributed by atoms with E-state index in [4.69, 9.17) is 5.84 Å². The minimum absolute atomic E-state index is 0.0515. The van der Waals surface area contributed by atoms with Crippen LogP contribution in [0.1, 0.15) is 48.7 Å². The predicted molar refractivity (Wildman–Crippen MR) is 75.7 cm³/mol. The molecule has 1 saturated carbocycles. The molecule has 0 radical (unpaired) electrons. The van der Waals surface area contributed by atoms with Gasteiger partial charge in [-0.3, -0.25) is 4.79 Å². The SMILES string of the molecule is CCc1cc(C(=O)NCCCC2CC2)cc(NN)n1. The Hall–Kier alpha value is -1.62. The zero-order valence-corrected chi connectivity index (χ0v) is 11.4. The molecular weight excluding hydrogens is 240 g/mol. The molecular formula is C14H22N4O. The third-order valence-corrected chi connectivity index (χ3v) is 3.42. The molecule has 2 rings (SSSR count). The van der Waals surface area contributed by atoms with Crippen LogP contribution in [0.3, 0.4) is 0 Å². The van der Waals surface area contributed by atoms with Crippen molar-refractivity contribution in [1.82, 2.24) is 10.3 Å². The van der Waals surface area contributed by atoms with E-state index in [-0.39, 0.29) is 5.91 Å². The van der Waals surface area contributed by atoms with Crippen LogP contribution in [0.15, 0.2) is 12.1 Å². The van der Waals surface area contributed by atoms with Crippen molar-refractivity contribution in [1.29, 1.82) is 0 Å². The molecule has 0 bridgehead atoms. The van der Waals surface area contributed by atoms with Gasteiger partial charge >= 0.3 is 0 Å². The van der Waals surface area contributed by atoms with Gasteiger partial charge in [-0.25, -0.2) is 10.8 Å². The standard InChI is InChI=1S/C14H22N4O/c1-2-12-8-11(9-13(17-12)18-15)14(19)16-7-3-4-10-5-6-10/h8-10H,2-7,15H2,1H3,(H,16,19)(H,17,18). The maximum atomic E-state index is 12.0. The molecule has 1 amide bonds. The number of aromatic nitrogens is 1. The molecule has 0 atom stereocenters. The first-order valence-electron chi connectivity index (χ1n) is 6.98. The number of hydrazine groups is 1. The number of rotatable bonds is 7. The Morgan fingerprint density at radius 1 is 1.47 bits per heavy atom. The Balaban J connectivity index is 1.88. The van der Waals surface area contributed by atoms with Crippen molar-refractivity contribution >= 4 is 11.7 Å². The number of hydrogen-bond donors (Lipinski definition) is 3. The topological polar surface area (TPSA) is 80.0 Å². The average molecular weight is 262 g/mol. The van der Waals surface area contributed by atoms with Gasteiger partial charge in [0.1, 0.15) is 5.82 Å². The van der Waals surface area contributed by atoms with Crippen LogP contribution in [-0.4, -0.2) is 17.4 Å². The van der Waals surface area contributed by atoms with Crippen LogP contribution >= 0.6 is 0 Å². The van der Waals surface area contributed by atoms with Gasteiger partial charge in [0.25, 0.3) is 5.91 Å². The van der Waals surface area contributed by atoms with E-state index >= 15 is 0 Å². The maximum Gasteiger partial charge on any atom is 0.251 e. The van der Waals surface area contributed by atoms with Gasteiger partial charge in [-0.15, -0.1) is 0 Å². The second kappa shape index (κ2) is 6.52. The summed E-state index contributed by atoms with van der Waals surface area (Å²) in [7, 11) is 0. The van der Waals surface area contributed by atoms with Crippen LogP contribution in [0.25, 0.3) is 0 Å². The van der Waals surface area contributed by atoms with Gasteiger partial charge < -0.3 is 10.7 Å². The molecule has 0 aromatic carbocycles. The largest absolute Gasteiger partial charge is 0.352 e. The van der Waals surface area contributed by atoms with Crippen molar-refractivity contribution in [3.63, 3.8) is 0 Å². The van der Waals surface area contributed by atoms with Gasteiger partial charge in [0, 0.05) is 17.8 Å². The summed E-state index contributed by atoms with van der Waals surface area (Å²) >= 11 is 0. The molecule has 1 aliphatic rings. The first-order chi connectivity index (χ1) is 9.22. The summed E-state index contributed by atoms with van der Waals surface area (Å²) in [6.07, 6.45) is 5.79. The molecule has 5 heteroatoms. The van der Waals surface area contributed by atoms with Crippen LogP contribution in [0.4, 0.5) is 5.82 Å². The van der Waals surface area contributed by atoms with Crippen LogP contribution < -0.4 is 16.6 Å². The molecule has 1 aromatic heterocycles. The monoisotopic (exact) mass is 262 g/mol. The fourth-order valence-electron chi connectivity index (χ4n) is 2.08. The van der Waals surface area contributed by atoms with E-state index in [1.54, 1.807) is 6.07 Å². The molecule has 4 N–H and O–H groups in total. The van der Waals surface area contributed by atoms with Crippen molar-refractivity contribution < 1.29 is 4.79 Å². The highest BCUT2D eigenvalue weighted by atomic mass is 16.1. The number of pyridine rings is 1. The van der Waals surface area contributed by atoms with Crippen LogP contribution in [0, 0.1) is 5.92 Å². The number of nitrogens with two attached hydrogens (primary N) is 1.